The van der Waals surface area contributed by atoms with Crippen molar-refractivity contribution in [3.63, 3.8) is 0 Å². The van der Waals surface area contributed by atoms with Crippen LogP contribution in [0, 0.1) is 0 Å². The summed E-state index contributed by atoms with van der Waals surface area (Å²) >= 11 is 9.90. The third-order valence-corrected chi connectivity index (χ3v) is 5.98. The Morgan fingerprint density at radius 3 is 2.52 bits per heavy atom. The molecule has 2 nitrogen and oxygen atoms in total. The number of benzene rings is 2. The topological polar surface area (TPSA) is 6.48 Å². The van der Waals surface area contributed by atoms with Gasteiger partial charge >= 0.3 is 0 Å². The van der Waals surface area contributed by atoms with Crippen LogP contribution < -0.4 is 9.80 Å². The maximum absolute atomic E-state index is 6.23. The molecule has 1 aliphatic rings. The SMILES string of the molecule is CN(C)c1ccc(C=CC2N(C)c3ccc(Cl)cc3C2(C)C)cc1Br. The van der Waals surface area contributed by atoms with Crippen molar-refractivity contribution < 1.29 is 0 Å². The second-order valence-corrected chi connectivity index (χ2v) is 8.69. The molecule has 0 saturated carbocycles. The molecule has 1 unspecified atom stereocenters. The molecule has 132 valence electrons. The van der Waals surface area contributed by atoms with Gasteiger partial charge < -0.3 is 9.80 Å². The summed E-state index contributed by atoms with van der Waals surface area (Å²) in [5, 5.41) is 0.799. The highest BCUT2D eigenvalue weighted by Crippen LogP contribution is 2.46. The fraction of sp³-hybridized carbons (Fsp3) is 0.333. The Hall–Kier alpha value is -1.45. The second-order valence-electron chi connectivity index (χ2n) is 7.40. The monoisotopic (exact) mass is 418 g/mol. The predicted molar refractivity (Wildman–Crippen MR) is 114 cm³/mol. The minimum absolute atomic E-state index is 0.00624. The van der Waals surface area contributed by atoms with Crippen molar-refractivity contribution in [1.82, 2.24) is 0 Å². The van der Waals surface area contributed by atoms with E-state index in [-0.39, 0.29) is 11.5 Å². The van der Waals surface area contributed by atoms with E-state index in [1.54, 1.807) is 0 Å². The highest BCUT2D eigenvalue weighted by molar-refractivity contribution is 9.10. The number of hydrogen-bond acceptors (Lipinski definition) is 2. The summed E-state index contributed by atoms with van der Waals surface area (Å²) in [5.74, 6) is 0. The molecule has 1 aliphatic heterocycles. The molecule has 0 amide bonds. The quantitative estimate of drug-likeness (QED) is 0.604. The molecule has 3 rings (SSSR count). The van der Waals surface area contributed by atoms with Gasteiger partial charge in [-0.15, -0.1) is 0 Å². The first-order valence-electron chi connectivity index (χ1n) is 8.40. The van der Waals surface area contributed by atoms with E-state index in [9.17, 15) is 0 Å². The van der Waals surface area contributed by atoms with E-state index >= 15 is 0 Å². The van der Waals surface area contributed by atoms with Crippen molar-refractivity contribution in [1.29, 1.82) is 0 Å². The van der Waals surface area contributed by atoms with Crippen LogP contribution in [0.1, 0.15) is 25.0 Å². The Morgan fingerprint density at radius 1 is 1.16 bits per heavy atom. The van der Waals surface area contributed by atoms with Gasteiger partial charge in [-0.3, -0.25) is 0 Å². The van der Waals surface area contributed by atoms with E-state index in [2.05, 4.69) is 89.1 Å². The molecule has 0 fully saturated rings. The van der Waals surface area contributed by atoms with Crippen LogP contribution >= 0.6 is 27.5 Å². The Balaban J connectivity index is 1.91. The number of hydrogen-bond donors (Lipinski definition) is 0. The van der Waals surface area contributed by atoms with E-state index in [0.717, 1.165) is 9.50 Å². The highest BCUT2D eigenvalue weighted by Gasteiger charge is 2.41. The lowest BCUT2D eigenvalue weighted by molar-refractivity contribution is 0.489. The normalized spacial score (nSPS) is 18.7. The fourth-order valence-electron chi connectivity index (χ4n) is 3.69. The first-order chi connectivity index (χ1) is 11.7. The summed E-state index contributed by atoms with van der Waals surface area (Å²) in [6.45, 7) is 4.57. The molecule has 4 heteroatoms. The molecule has 1 atom stereocenters. The zero-order chi connectivity index (χ0) is 18.4. The van der Waals surface area contributed by atoms with Crippen LogP contribution in [0.25, 0.3) is 6.08 Å². The third kappa shape index (κ3) is 3.32. The number of anilines is 2. The van der Waals surface area contributed by atoms with Crippen LogP contribution in [0.3, 0.4) is 0 Å². The van der Waals surface area contributed by atoms with Crippen LogP contribution in [0.4, 0.5) is 11.4 Å². The van der Waals surface area contributed by atoms with E-state index < -0.39 is 0 Å². The van der Waals surface area contributed by atoms with E-state index in [1.807, 2.05) is 20.2 Å². The van der Waals surface area contributed by atoms with Crippen molar-refractivity contribution in [3.05, 3.63) is 63.1 Å². The van der Waals surface area contributed by atoms with Crippen molar-refractivity contribution in [2.24, 2.45) is 0 Å². The lowest BCUT2D eigenvalue weighted by atomic mass is 9.80. The molecule has 1 heterocycles. The Bertz CT molecular complexity index is 827. The first-order valence-corrected chi connectivity index (χ1v) is 9.57. The van der Waals surface area contributed by atoms with Gasteiger partial charge in [0.05, 0.1) is 11.7 Å². The lowest BCUT2D eigenvalue weighted by Crippen LogP contribution is -2.37. The molecule has 0 saturated heterocycles. The second kappa shape index (κ2) is 6.69. The molecule has 0 bridgehead atoms. The molecular formula is C21H24BrClN2. The van der Waals surface area contributed by atoms with Gasteiger partial charge in [0.2, 0.25) is 0 Å². The van der Waals surface area contributed by atoms with Crippen LogP contribution in [0.5, 0.6) is 0 Å². The predicted octanol–water partition coefficient (Wildman–Crippen LogP) is 5.98. The Kier molecular flexibility index (Phi) is 4.91. The maximum Gasteiger partial charge on any atom is 0.0565 e. The van der Waals surface area contributed by atoms with Gasteiger partial charge in [0.1, 0.15) is 0 Å². The maximum atomic E-state index is 6.23. The summed E-state index contributed by atoms with van der Waals surface area (Å²) in [7, 11) is 6.25. The van der Waals surface area contributed by atoms with Crippen LogP contribution in [-0.4, -0.2) is 27.2 Å². The average molecular weight is 420 g/mol. The van der Waals surface area contributed by atoms with Crippen LogP contribution in [-0.2, 0) is 5.41 Å². The zero-order valence-electron chi connectivity index (χ0n) is 15.3. The Labute approximate surface area is 164 Å². The van der Waals surface area contributed by atoms with Gasteiger partial charge in [0.25, 0.3) is 0 Å². The first kappa shape index (κ1) is 18.3. The third-order valence-electron chi connectivity index (χ3n) is 5.11. The summed E-state index contributed by atoms with van der Waals surface area (Å²) in [6.07, 6.45) is 4.51. The van der Waals surface area contributed by atoms with Gasteiger partial charge in [0, 0.05) is 41.7 Å². The highest BCUT2D eigenvalue weighted by atomic mass is 79.9. The number of nitrogens with zero attached hydrogens (tertiary/aromatic N) is 2. The van der Waals surface area contributed by atoms with Crippen molar-refractivity contribution in [3.8, 4) is 0 Å². The minimum atomic E-state index is 0.00624. The molecule has 2 aromatic carbocycles. The van der Waals surface area contributed by atoms with Crippen molar-refractivity contribution in [2.75, 3.05) is 30.9 Å². The average Bonchev–Trinajstić information content (AvgIpc) is 2.71. The summed E-state index contributed by atoms with van der Waals surface area (Å²) in [4.78, 5) is 4.44. The molecule has 25 heavy (non-hydrogen) atoms. The molecule has 0 aromatic heterocycles. The molecule has 2 aromatic rings. The molecule has 0 radical (unpaired) electrons. The smallest absolute Gasteiger partial charge is 0.0565 e. The number of likely N-dealkylation sites (N-methyl/N-ethyl adjacent to an activating group) is 1. The molecule has 0 spiro atoms. The summed E-state index contributed by atoms with van der Waals surface area (Å²) < 4.78 is 1.11. The van der Waals surface area contributed by atoms with E-state index in [1.165, 1.54) is 22.5 Å². The molecular weight excluding hydrogens is 396 g/mol. The van der Waals surface area contributed by atoms with Gasteiger partial charge in [-0.2, -0.15) is 0 Å². The summed E-state index contributed by atoms with van der Waals surface area (Å²) in [5.41, 5.74) is 4.94. The Morgan fingerprint density at radius 2 is 1.88 bits per heavy atom. The minimum Gasteiger partial charge on any atom is -0.377 e. The van der Waals surface area contributed by atoms with Gasteiger partial charge in [-0.1, -0.05) is 43.7 Å². The van der Waals surface area contributed by atoms with Gasteiger partial charge in [-0.05, 0) is 57.4 Å². The number of fused-ring (bicyclic) bond motifs is 1. The largest absolute Gasteiger partial charge is 0.377 e. The van der Waals surface area contributed by atoms with Crippen LogP contribution in [0.15, 0.2) is 46.9 Å². The molecule has 0 N–H and O–H groups in total. The van der Waals surface area contributed by atoms with E-state index in [0.29, 0.717) is 0 Å². The van der Waals surface area contributed by atoms with Crippen molar-refractivity contribution in [2.45, 2.75) is 25.3 Å². The standard InChI is InChI=1S/C21H24BrClN2/c1-21(2)16-13-15(23)8-10-18(16)25(5)20(21)11-7-14-6-9-19(24(3)4)17(22)12-14/h6-13,20H,1-5H3. The molecule has 0 aliphatic carbocycles. The fourth-order valence-corrected chi connectivity index (χ4v) is 4.61. The van der Waals surface area contributed by atoms with E-state index in [4.69, 9.17) is 11.6 Å². The van der Waals surface area contributed by atoms with Crippen LogP contribution in [0.2, 0.25) is 5.02 Å². The lowest BCUT2D eigenvalue weighted by Gasteiger charge is -2.29. The number of rotatable bonds is 3. The van der Waals surface area contributed by atoms with Crippen molar-refractivity contribution >= 4 is 45.0 Å². The zero-order valence-corrected chi connectivity index (χ0v) is 17.7. The van der Waals surface area contributed by atoms with Gasteiger partial charge in [0.15, 0.2) is 0 Å². The van der Waals surface area contributed by atoms with Gasteiger partial charge in [-0.25, -0.2) is 0 Å². The summed E-state index contributed by atoms with van der Waals surface area (Å²) in [6, 6.07) is 12.9. The number of halogens is 2.